The number of thiazole rings is 1. The minimum absolute atomic E-state index is 0.233. The van der Waals surface area contributed by atoms with Crippen LogP contribution >= 0.6 is 22.9 Å². The van der Waals surface area contributed by atoms with Crippen LogP contribution in [0.5, 0.6) is 0 Å². The average molecular weight is 365 g/mol. The van der Waals surface area contributed by atoms with Crippen molar-refractivity contribution in [3.63, 3.8) is 0 Å². The maximum Gasteiger partial charge on any atom is 0.319 e. The normalized spacial score (nSPS) is 14.5. The number of nitrogens with one attached hydrogen (secondary N) is 2. The molecule has 0 unspecified atom stereocenters. The molecule has 1 aliphatic rings. The number of rotatable bonds is 5. The monoisotopic (exact) mass is 364 g/mol. The maximum atomic E-state index is 11.9. The fourth-order valence-electron chi connectivity index (χ4n) is 2.69. The second-order valence-corrected chi connectivity index (χ2v) is 7.08. The highest BCUT2D eigenvalue weighted by atomic mass is 35.5. The molecule has 1 aromatic heterocycles. The summed E-state index contributed by atoms with van der Waals surface area (Å²) in [4.78, 5) is 18.9. The second kappa shape index (κ2) is 8.35. The summed E-state index contributed by atoms with van der Waals surface area (Å²) in [6, 6.07) is 6.86. The summed E-state index contributed by atoms with van der Waals surface area (Å²) in [5, 5.41) is 9.40. The highest BCUT2D eigenvalue weighted by Crippen LogP contribution is 2.24. The van der Waals surface area contributed by atoms with E-state index in [0.29, 0.717) is 17.3 Å². The Kier molecular flexibility index (Phi) is 5.93. The standard InChI is InChI=1S/C17H21ClN4OS/c18-13-5-4-6-14(11-13)20-16(23)19-8-7-15-12-24-17(21-15)22-9-2-1-3-10-22/h4-6,11-12H,1-3,7-10H2,(H2,19,20,23). The highest BCUT2D eigenvalue weighted by Gasteiger charge is 2.14. The van der Waals surface area contributed by atoms with E-state index in [4.69, 9.17) is 11.6 Å². The summed E-state index contributed by atoms with van der Waals surface area (Å²) in [6.45, 7) is 2.76. The van der Waals surface area contributed by atoms with E-state index in [-0.39, 0.29) is 6.03 Å². The SMILES string of the molecule is O=C(NCCc1csc(N2CCCCC2)n1)Nc1cccc(Cl)c1. The van der Waals surface area contributed by atoms with Crippen molar-refractivity contribution < 1.29 is 4.79 Å². The zero-order valence-corrected chi connectivity index (χ0v) is 15.0. The number of halogens is 1. The van der Waals surface area contributed by atoms with Gasteiger partial charge in [0.1, 0.15) is 0 Å². The third-order valence-corrected chi connectivity index (χ3v) is 5.10. The fraction of sp³-hybridized carbons (Fsp3) is 0.412. The molecule has 0 radical (unpaired) electrons. The van der Waals surface area contributed by atoms with Gasteiger partial charge in [0.05, 0.1) is 5.69 Å². The van der Waals surface area contributed by atoms with Crippen LogP contribution < -0.4 is 15.5 Å². The molecular weight excluding hydrogens is 344 g/mol. The van der Waals surface area contributed by atoms with Crippen molar-refractivity contribution in [2.45, 2.75) is 25.7 Å². The zero-order chi connectivity index (χ0) is 16.8. The van der Waals surface area contributed by atoms with E-state index in [9.17, 15) is 4.79 Å². The zero-order valence-electron chi connectivity index (χ0n) is 13.4. The lowest BCUT2D eigenvalue weighted by atomic mass is 10.1. The van der Waals surface area contributed by atoms with Crippen LogP contribution in [-0.4, -0.2) is 30.6 Å². The molecule has 0 spiro atoms. The minimum atomic E-state index is -0.233. The molecule has 1 aromatic carbocycles. The molecule has 1 aliphatic heterocycles. The first kappa shape index (κ1) is 17.0. The van der Waals surface area contributed by atoms with Crippen LogP contribution in [-0.2, 0) is 6.42 Å². The number of nitrogens with zero attached hydrogens (tertiary/aromatic N) is 2. The number of hydrogen-bond acceptors (Lipinski definition) is 4. The van der Waals surface area contributed by atoms with Crippen molar-refractivity contribution in [3.8, 4) is 0 Å². The van der Waals surface area contributed by atoms with E-state index in [1.165, 1.54) is 19.3 Å². The number of carbonyl (C=O) groups is 1. The summed E-state index contributed by atoms with van der Waals surface area (Å²) in [5.41, 5.74) is 1.71. The van der Waals surface area contributed by atoms with Gasteiger partial charge in [-0.05, 0) is 37.5 Å². The van der Waals surface area contributed by atoms with E-state index in [2.05, 4.69) is 25.9 Å². The van der Waals surface area contributed by atoms with Crippen molar-refractivity contribution >= 4 is 39.8 Å². The van der Waals surface area contributed by atoms with Crippen molar-refractivity contribution in [1.82, 2.24) is 10.3 Å². The molecule has 0 bridgehead atoms. The van der Waals surface area contributed by atoms with Crippen molar-refractivity contribution in [2.24, 2.45) is 0 Å². The molecule has 5 nitrogen and oxygen atoms in total. The fourth-order valence-corrected chi connectivity index (χ4v) is 3.79. The Hall–Kier alpha value is -1.79. The smallest absolute Gasteiger partial charge is 0.319 e. The van der Waals surface area contributed by atoms with Crippen molar-refractivity contribution in [3.05, 3.63) is 40.4 Å². The Morgan fingerprint density at radius 1 is 1.29 bits per heavy atom. The van der Waals surface area contributed by atoms with Gasteiger partial charge in [0.15, 0.2) is 5.13 Å². The van der Waals surface area contributed by atoms with Crippen LogP contribution in [0.2, 0.25) is 5.02 Å². The molecule has 2 heterocycles. The van der Waals surface area contributed by atoms with E-state index >= 15 is 0 Å². The number of carbonyl (C=O) groups excluding carboxylic acids is 1. The second-order valence-electron chi connectivity index (χ2n) is 5.81. The summed E-state index contributed by atoms with van der Waals surface area (Å²) < 4.78 is 0. The molecule has 24 heavy (non-hydrogen) atoms. The van der Waals surface area contributed by atoms with E-state index < -0.39 is 0 Å². The molecule has 0 aliphatic carbocycles. The molecule has 2 aromatic rings. The quantitative estimate of drug-likeness (QED) is 0.837. The van der Waals surface area contributed by atoms with Gasteiger partial charge in [-0.3, -0.25) is 0 Å². The molecule has 7 heteroatoms. The van der Waals surface area contributed by atoms with Gasteiger partial charge in [-0.15, -0.1) is 11.3 Å². The van der Waals surface area contributed by atoms with Gasteiger partial charge < -0.3 is 15.5 Å². The topological polar surface area (TPSA) is 57.3 Å². The third kappa shape index (κ3) is 4.85. The predicted molar refractivity (Wildman–Crippen MR) is 100 cm³/mol. The molecule has 128 valence electrons. The maximum absolute atomic E-state index is 11.9. The molecule has 1 fully saturated rings. The number of aromatic nitrogens is 1. The van der Waals surface area contributed by atoms with Crippen LogP contribution in [0.4, 0.5) is 15.6 Å². The first-order valence-corrected chi connectivity index (χ1v) is 9.46. The van der Waals surface area contributed by atoms with Crippen LogP contribution in [0.25, 0.3) is 0 Å². The number of amides is 2. The number of anilines is 2. The Bertz CT molecular complexity index is 685. The average Bonchev–Trinajstić information content (AvgIpc) is 3.04. The third-order valence-electron chi connectivity index (χ3n) is 3.92. The lowest BCUT2D eigenvalue weighted by Gasteiger charge is -2.25. The summed E-state index contributed by atoms with van der Waals surface area (Å²) in [7, 11) is 0. The number of piperidine rings is 1. The molecule has 2 N–H and O–H groups in total. The van der Waals surface area contributed by atoms with Gasteiger partial charge in [0, 0.05) is 42.1 Å². The molecular formula is C17H21ClN4OS. The van der Waals surface area contributed by atoms with Gasteiger partial charge in [-0.2, -0.15) is 0 Å². The van der Waals surface area contributed by atoms with Crippen LogP contribution in [0.3, 0.4) is 0 Å². The Labute approximate surface area is 151 Å². The van der Waals surface area contributed by atoms with Gasteiger partial charge in [-0.25, -0.2) is 9.78 Å². The number of hydrogen-bond donors (Lipinski definition) is 2. The van der Waals surface area contributed by atoms with E-state index in [1.807, 2.05) is 0 Å². The predicted octanol–water partition coefficient (Wildman–Crippen LogP) is 4.15. The van der Waals surface area contributed by atoms with Gasteiger partial charge in [-0.1, -0.05) is 17.7 Å². The molecule has 1 saturated heterocycles. The number of benzene rings is 1. The van der Waals surface area contributed by atoms with Crippen molar-refractivity contribution in [1.29, 1.82) is 0 Å². The Balaban J connectivity index is 1.43. The van der Waals surface area contributed by atoms with Crippen molar-refractivity contribution in [2.75, 3.05) is 29.9 Å². The Morgan fingerprint density at radius 3 is 2.92 bits per heavy atom. The first-order chi connectivity index (χ1) is 11.7. The molecule has 2 amide bonds. The molecule has 3 rings (SSSR count). The van der Waals surface area contributed by atoms with Gasteiger partial charge in [0.25, 0.3) is 0 Å². The summed E-state index contributed by atoms with van der Waals surface area (Å²) in [6.07, 6.45) is 4.55. The molecule has 0 saturated carbocycles. The Morgan fingerprint density at radius 2 is 2.12 bits per heavy atom. The van der Waals surface area contributed by atoms with Gasteiger partial charge in [0.2, 0.25) is 0 Å². The van der Waals surface area contributed by atoms with E-state index in [1.54, 1.807) is 35.6 Å². The summed E-state index contributed by atoms with van der Waals surface area (Å²) in [5.74, 6) is 0. The van der Waals surface area contributed by atoms with E-state index in [0.717, 1.165) is 30.3 Å². The van der Waals surface area contributed by atoms with Gasteiger partial charge >= 0.3 is 6.03 Å². The van der Waals surface area contributed by atoms with Crippen LogP contribution in [0, 0.1) is 0 Å². The first-order valence-electron chi connectivity index (χ1n) is 8.20. The van der Waals surface area contributed by atoms with Crippen LogP contribution in [0.15, 0.2) is 29.6 Å². The largest absolute Gasteiger partial charge is 0.348 e. The lowest BCUT2D eigenvalue weighted by molar-refractivity contribution is 0.252. The number of urea groups is 1. The highest BCUT2D eigenvalue weighted by molar-refractivity contribution is 7.13. The van der Waals surface area contributed by atoms with Crippen LogP contribution in [0.1, 0.15) is 25.0 Å². The minimum Gasteiger partial charge on any atom is -0.348 e. The lowest BCUT2D eigenvalue weighted by Crippen LogP contribution is -2.30. The summed E-state index contributed by atoms with van der Waals surface area (Å²) >= 11 is 7.59. The molecule has 0 atom stereocenters.